The SMILES string of the molecule is [CH2]c1ccc(NS(C)(=O)=O)cc1. The molecule has 0 aliphatic heterocycles. The van der Waals surface area contributed by atoms with Crippen LogP contribution in [-0.2, 0) is 10.0 Å². The van der Waals surface area contributed by atoms with Crippen LogP contribution in [0.15, 0.2) is 24.3 Å². The first-order valence-electron chi connectivity index (χ1n) is 3.37. The average molecular weight is 184 g/mol. The van der Waals surface area contributed by atoms with Gasteiger partial charge in [0, 0.05) is 5.69 Å². The van der Waals surface area contributed by atoms with Crippen LogP contribution in [0.3, 0.4) is 0 Å². The Labute approximate surface area is 72.5 Å². The minimum Gasteiger partial charge on any atom is -0.284 e. The molecule has 12 heavy (non-hydrogen) atoms. The molecule has 1 rings (SSSR count). The zero-order valence-electron chi connectivity index (χ0n) is 6.74. The van der Waals surface area contributed by atoms with Crippen molar-refractivity contribution in [1.82, 2.24) is 0 Å². The molecular formula is C8H10NO2S. The number of rotatable bonds is 2. The van der Waals surface area contributed by atoms with Crippen LogP contribution in [0.1, 0.15) is 5.56 Å². The molecule has 0 saturated carbocycles. The van der Waals surface area contributed by atoms with Gasteiger partial charge < -0.3 is 0 Å². The van der Waals surface area contributed by atoms with E-state index >= 15 is 0 Å². The van der Waals surface area contributed by atoms with Gasteiger partial charge in [0.1, 0.15) is 0 Å². The molecule has 0 unspecified atom stereocenters. The quantitative estimate of drug-likeness (QED) is 0.751. The number of anilines is 1. The van der Waals surface area contributed by atoms with Crippen LogP contribution < -0.4 is 4.72 Å². The second kappa shape index (κ2) is 3.15. The summed E-state index contributed by atoms with van der Waals surface area (Å²) < 4.78 is 23.9. The lowest BCUT2D eigenvalue weighted by Crippen LogP contribution is -2.09. The Balaban J connectivity index is 2.85. The van der Waals surface area contributed by atoms with E-state index in [-0.39, 0.29) is 0 Å². The molecule has 0 saturated heterocycles. The highest BCUT2D eigenvalue weighted by atomic mass is 32.2. The fourth-order valence-corrected chi connectivity index (χ4v) is 1.35. The number of sulfonamides is 1. The van der Waals surface area contributed by atoms with Crippen LogP contribution in [0.2, 0.25) is 0 Å². The normalized spacial score (nSPS) is 11.2. The topological polar surface area (TPSA) is 46.2 Å². The van der Waals surface area contributed by atoms with E-state index in [1.165, 1.54) is 0 Å². The first-order valence-corrected chi connectivity index (χ1v) is 5.26. The zero-order valence-corrected chi connectivity index (χ0v) is 7.56. The third-order valence-corrected chi connectivity index (χ3v) is 1.86. The van der Waals surface area contributed by atoms with E-state index in [9.17, 15) is 8.42 Å². The molecule has 4 heteroatoms. The molecule has 1 aromatic carbocycles. The molecule has 0 heterocycles. The van der Waals surface area contributed by atoms with Crippen molar-refractivity contribution in [2.24, 2.45) is 0 Å². The van der Waals surface area contributed by atoms with E-state index in [1.54, 1.807) is 24.3 Å². The maximum Gasteiger partial charge on any atom is 0.229 e. The molecule has 0 aliphatic rings. The molecule has 3 nitrogen and oxygen atoms in total. The van der Waals surface area contributed by atoms with Crippen molar-refractivity contribution in [2.75, 3.05) is 11.0 Å². The molecule has 0 spiro atoms. The summed E-state index contributed by atoms with van der Waals surface area (Å²) >= 11 is 0. The van der Waals surface area contributed by atoms with Gasteiger partial charge in [0.05, 0.1) is 6.26 Å². The molecule has 0 aliphatic carbocycles. The second-order valence-corrected chi connectivity index (χ2v) is 4.32. The highest BCUT2D eigenvalue weighted by molar-refractivity contribution is 7.92. The van der Waals surface area contributed by atoms with Crippen LogP contribution in [0.4, 0.5) is 5.69 Å². The van der Waals surface area contributed by atoms with Crippen LogP contribution in [0, 0.1) is 6.92 Å². The van der Waals surface area contributed by atoms with Gasteiger partial charge >= 0.3 is 0 Å². The fraction of sp³-hybridized carbons (Fsp3) is 0.125. The Hall–Kier alpha value is -1.03. The average Bonchev–Trinajstić information content (AvgIpc) is 1.91. The van der Waals surface area contributed by atoms with Gasteiger partial charge in [-0.15, -0.1) is 0 Å². The minimum absolute atomic E-state index is 0.560. The maximum absolute atomic E-state index is 10.8. The summed E-state index contributed by atoms with van der Waals surface area (Å²) in [6.07, 6.45) is 1.12. The zero-order chi connectivity index (χ0) is 9.19. The van der Waals surface area contributed by atoms with Gasteiger partial charge in [0.2, 0.25) is 10.0 Å². The molecule has 0 aromatic heterocycles. The Morgan fingerprint density at radius 2 is 1.75 bits per heavy atom. The highest BCUT2D eigenvalue weighted by Crippen LogP contribution is 2.09. The standard InChI is InChI=1S/C8H10NO2S/c1-7-3-5-8(6-4-7)9-12(2,10)11/h3-6,9H,1H2,2H3. The van der Waals surface area contributed by atoms with Crippen LogP contribution in [-0.4, -0.2) is 14.7 Å². The summed E-state index contributed by atoms with van der Waals surface area (Å²) in [5.74, 6) is 0. The van der Waals surface area contributed by atoms with Gasteiger partial charge in [-0.05, 0) is 24.6 Å². The van der Waals surface area contributed by atoms with Gasteiger partial charge in [-0.1, -0.05) is 12.1 Å². The Bertz CT molecular complexity index is 353. The van der Waals surface area contributed by atoms with Gasteiger partial charge in [0.15, 0.2) is 0 Å². The highest BCUT2D eigenvalue weighted by Gasteiger charge is 1.99. The Kier molecular flexibility index (Phi) is 2.38. The molecular weight excluding hydrogens is 174 g/mol. The lowest BCUT2D eigenvalue weighted by Gasteiger charge is -2.02. The second-order valence-electron chi connectivity index (χ2n) is 2.57. The summed E-state index contributed by atoms with van der Waals surface area (Å²) in [7, 11) is -3.16. The maximum atomic E-state index is 10.8. The smallest absolute Gasteiger partial charge is 0.229 e. The van der Waals surface area contributed by atoms with Crippen LogP contribution in [0.25, 0.3) is 0 Å². The molecule has 65 valence electrons. The van der Waals surface area contributed by atoms with Crippen molar-refractivity contribution in [1.29, 1.82) is 0 Å². The van der Waals surface area contributed by atoms with Gasteiger partial charge in [0.25, 0.3) is 0 Å². The summed E-state index contributed by atoms with van der Waals surface area (Å²) in [6, 6.07) is 6.83. The van der Waals surface area contributed by atoms with Crippen molar-refractivity contribution in [3.05, 3.63) is 36.8 Å². The van der Waals surface area contributed by atoms with E-state index in [0.29, 0.717) is 5.69 Å². The Morgan fingerprint density at radius 1 is 1.25 bits per heavy atom. The van der Waals surface area contributed by atoms with Crippen molar-refractivity contribution in [3.63, 3.8) is 0 Å². The lowest BCUT2D eigenvalue weighted by molar-refractivity contribution is 0.607. The van der Waals surface area contributed by atoms with Crippen molar-refractivity contribution in [2.45, 2.75) is 0 Å². The third-order valence-electron chi connectivity index (χ3n) is 1.26. The van der Waals surface area contributed by atoms with Crippen molar-refractivity contribution >= 4 is 15.7 Å². The molecule has 0 fully saturated rings. The number of nitrogens with one attached hydrogen (secondary N) is 1. The summed E-state index contributed by atoms with van der Waals surface area (Å²) in [5, 5.41) is 0. The summed E-state index contributed by atoms with van der Waals surface area (Å²) in [5.41, 5.74) is 1.42. The monoisotopic (exact) mass is 184 g/mol. The predicted molar refractivity (Wildman–Crippen MR) is 49.4 cm³/mol. The van der Waals surface area contributed by atoms with E-state index < -0.39 is 10.0 Å². The van der Waals surface area contributed by atoms with E-state index in [0.717, 1.165) is 11.8 Å². The number of hydrogen-bond acceptors (Lipinski definition) is 2. The van der Waals surface area contributed by atoms with Crippen molar-refractivity contribution in [3.8, 4) is 0 Å². The molecule has 1 aromatic rings. The first kappa shape index (κ1) is 9.06. The first-order chi connectivity index (χ1) is 5.47. The van der Waals surface area contributed by atoms with E-state index in [1.807, 2.05) is 0 Å². The number of hydrogen-bond donors (Lipinski definition) is 1. The molecule has 1 N–H and O–H groups in total. The molecule has 1 radical (unpaired) electrons. The molecule has 0 bridgehead atoms. The minimum atomic E-state index is -3.16. The largest absolute Gasteiger partial charge is 0.284 e. The molecule has 0 atom stereocenters. The van der Waals surface area contributed by atoms with E-state index in [4.69, 9.17) is 0 Å². The van der Waals surface area contributed by atoms with E-state index in [2.05, 4.69) is 11.6 Å². The predicted octanol–water partition coefficient (Wildman–Crippen LogP) is 1.24. The number of benzene rings is 1. The van der Waals surface area contributed by atoms with Crippen LogP contribution in [0.5, 0.6) is 0 Å². The van der Waals surface area contributed by atoms with Gasteiger partial charge in [-0.3, -0.25) is 4.72 Å². The summed E-state index contributed by atoms with van der Waals surface area (Å²) in [4.78, 5) is 0. The fourth-order valence-electron chi connectivity index (χ4n) is 0.787. The summed E-state index contributed by atoms with van der Waals surface area (Å²) in [6.45, 7) is 3.68. The van der Waals surface area contributed by atoms with Crippen molar-refractivity contribution < 1.29 is 8.42 Å². The third kappa shape index (κ3) is 2.92. The molecule has 0 amide bonds. The Morgan fingerprint density at radius 3 is 2.17 bits per heavy atom. The van der Waals surface area contributed by atoms with Gasteiger partial charge in [-0.25, -0.2) is 8.42 Å². The lowest BCUT2D eigenvalue weighted by atomic mass is 10.2. The van der Waals surface area contributed by atoms with Crippen LogP contribution >= 0.6 is 0 Å². The van der Waals surface area contributed by atoms with Gasteiger partial charge in [-0.2, -0.15) is 0 Å².